The average molecular weight is 631 g/mol. The summed E-state index contributed by atoms with van der Waals surface area (Å²) in [5.74, 6) is -0.162. The molecule has 0 aliphatic heterocycles. The van der Waals surface area contributed by atoms with E-state index in [1.54, 1.807) is 97.6 Å². The molecule has 39 heavy (non-hydrogen) atoms. The molecule has 0 saturated carbocycles. The van der Waals surface area contributed by atoms with Crippen LogP contribution in [0.3, 0.4) is 0 Å². The van der Waals surface area contributed by atoms with Crippen LogP contribution in [-0.2, 0) is 17.1 Å². The van der Waals surface area contributed by atoms with Crippen molar-refractivity contribution in [2.45, 2.75) is 4.30 Å². The van der Waals surface area contributed by atoms with Crippen molar-refractivity contribution in [1.29, 1.82) is 10.8 Å². The molecule has 10 nitrogen and oxygen atoms in total. The Morgan fingerprint density at radius 1 is 0.564 bits per heavy atom. The fraction of sp³-hybridized carbons (Fsp3) is 0.0400. The predicted molar refractivity (Wildman–Crippen MR) is 154 cm³/mol. The van der Waals surface area contributed by atoms with Crippen LogP contribution >= 0.6 is 34.8 Å². The number of rotatable bonds is 4. The molecule has 0 aromatic carbocycles. The maximum atomic E-state index is 7.71. The summed E-state index contributed by atoms with van der Waals surface area (Å²) in [6.45, 7) is 0. The molecule has 0 unspecified atom stereocenters. The van der Waals surface area contributed by atoms with Crippen molar-refractivity contribution in [1.82, 2.24) is 19.9 Å². The van der Waals surface area contributed by atoms with Gasteiger partial charge >= 0.3 is 17.1 Å². The van der Waals surface area contributed by atoms with E-state index in [0.29, 0.717) is 22.8 Å². The summed E-state index contributed by atoms with van der Waals surface area (Å²) in [5.41, 5.74) is 17.2. The van der Waals surface area contributed by atoms with Crippen LogP contribution in [0.5, 0.6) is 0 Å². The molecule has 0 saturated heterocycles. The van der Waals surface area contributed by atoms with Crippen LogP contribution in [0.4, 0.5) is 0 Å². The number of alkyl halides is 3. The summed E-state index contributed by atoms with van der Waals surface area (Å²) in [6.07, 6.45) is 6.35. The first-order valence-electron chi connectivity index (χ1n) is 10.6. The number of aliphatic imine (C=N–C) groups is 2. The second kappa shape index (κ2) is 18.5. The van der Waals surface area contributed by atoms with E-state index in [1.165, 1.54) is 0 Å². The van der Waals surface area contributed by atoms with Crippen LogP contribution < -0.4 is 0 Å². The van der Waals surface area contributed by atoms with Gasteiger partial charge in [0.15, 0.2) is 4.30 Å². The molecule has 4 aromatic rings. The van der Waals surface area contributed by atoms with Gasteiger partial charge in [-0.3, -0.25) is 19.9 Å². The molecule has 0 aliphatic rings. The van der Waals surface area contributed by atoms with Gasteiger partial charge in [-0.05, 0) is 60.2 Å². The van der Waals surface area contributed by atoms with Crippen LogP contribution in [0.2, 0.25) is 0 Å². The van der Waals surface area contributed by atoms with E-state index in [-0.39, 0.29) is 40.4 Å². The Balaban J connectivity index is 0.000000336. The van der Waals surface area contributed by atoms with Crippen LogP contribution in [-0.4, -0.2) is 47.6 Å². The van der Waals surface area contributed by atoms with Crippen LogP contribution in [0.25, 0.3) is 11.5 Å². The molecule has 4 N–H and O–H groups in total. The number of halogens is 3. The molecular weight excluding hydrogens is 610 g/mol. The Kier molecular flexibility index (Phi) is 15.8. The number of hydrogen-bond acceptors (Lipinski definition) is 6. The van der Waals surface area contributed by atoms with Gasteiger partial charge in [0.1, 0.15) is 0 Å². The van der Waals surface area contributed by atoms with Crippen molar-refractivity contribution in [2.24, 2.45) is 9.98 Å². The summed E-state index contributed by atoms with van der Waals surface area (Å²) in [4.78, 5) is 23.7. The Morgan fingerprint density at radius 2 is 0.821 bits per heavy atom. The number of aromatic nitrogens is 4. The van der Waals surface area contributed by atoms with Crippen molar-refractivity contribution >= 4 is 58.1 Å². The zero-order valence-electron chi connectivity index (χ0n) is 19.9. The number of nitrogens with zero attached hydrogens (tertiary/aromatic N) is 6. The predicted octanol–water partition coefficient (Wildman–Crippen LogP) is 6.59. The van der Waals surface area contributed by atoms with Crippen LogP contribution in [0, 0.1) is 10.8 Å². The molecular formula is C25H21Cl3CuN10. The standard InChI is InChI=1S/2C12H10N5.CHCl3.Cu/c2*13-11(9-5-1-3-7-15-9)17-12(14)10-6-2-4-8-16-10;2-1(3)4;/h2*1-8H,(H2-,13,14,17);1H;/q2*-1;;+2. The molecule has 0 fully saturated rings. The van der Waals surface area contributed by atoms with Crippen molar-refractivity contribution in [3.63, 3.8) is 0 Å². The molecule has 4 rings (SSSR count). The maximum Gasteiger partial charge on any atom is 2.00 e. The smallest absolute Gasteiger partial charge is 0.480 e. The van der Waals surface area contributed by atoms with E-state index < -0.39 is 4.30 Å². The van der Waals surface area contributed by atoms with E-state index in [2.05, 4.69) is 29.9 Å². The summed E-state index contributed by atoms with van der Waals surface area (Å²) in [6, 6.07) is 20.9. The SMILES string of the molecule is ClC(Cl)Cl.N=C(N=C([NH-])c1ccccn1)c1ccccn1.N=C(N=C([NH-])c1ccccn1)c1ccccn1.[Cu+2]. The third-order valence-corrected chi connectivity index (χ3v) is 4.08. The fourth-order valence-electron chi connectivity index (χ4n) is 2.46. The first-order chi connectivity index (χ1) is 18.3. The molecule has 4 heterocycles. The van der Waals surface area contributed by atoms with E-state index >= 15 is 0 Å². The molecule has 0 amide bonds. The average Bonchev–Trinajstić information content (AvgIpc) is 2.95. The Morgan fingerprint density at radius 3 is 1.05 bits per heavy atom. The van der Waals surface area contributed by atoms with Gasteiger partial charge in [-0.1, -0.05) is 59.1 Å². The van der Waals surface area contributed by atoms with Gasteiger partial charge in [-0.25, -0.2) is 0 Å². The van der Waals surface area contributed by atoms with Crippen molar-refractivity contribution in [2.75, 3.05) is 0 Å². The number of pyridine rings is 4. The molecule has 4 aromatic heterocycles. The van der Waals surface area contributed by atoms with Gasteiger partial charge in [-0.15, -0.1) is 0 Å². The first kappa shape index (κ1) is 33.3. The van der Waals surface area contributed by atoms with Gasteiger partial charge in [0.2, 0.25) is 0 Å². The van der Waals surface area contributed by atoms with E-state index in [4.69, 9.17) is 57.1 Å². The summed E-state index contributed by atoms with van der Waals surface area (Å²) in [7, 11) is 0. The second-order valence-corrected chi connectivity index (χ2v) is 8.70. The number of hydrogen-bond donors (Lipinski definition) is 2. The fourth-order valence-corrected chi connectivity index (χ4v) is 2.46. The molecule has 0 atom stereocenters. The maximum absolute atomic E-state index is 7.71. The van der Waals surface area contributed by atoms with E-state index in [1.807, 2.05) is 0 Å². The van der Waals surface area contributed by atoms with Crippen molar-refractivity contribution in [3.8, 4) is 0 Å². The van der Waals surface area contributed by atoms with E-state index in [9.17, 15) is 0 Å². The molecule has 203 valence electrons. The van der Waals surface area contributed by atoms with Crippen molar-refractivity contribution in [3.05, 3.63) is 132 Å². The van der Waals surface area contributed by atoms with Gasteiger partial charge in [0, 0.05) is 24.8 Å². The minimum Gasteiger partial charge on any atom is -0.480 e. The molecule has 0 aliphatic carbocycles. The first-order valence-corrected chi connectivity index (χ1v) is 11.9. The van der Waals surface area contributed by atoms with Gasteiger partial charge in [-0.2, -0.15) is 0 Å². The molecule has 0 bridgehead atoms. The number of amidine groups is 4. The third kappa shape index (κ3) is 13.1. The Hall–Kier alpha value is -3.73. The zero-order valence-corrected chi connectivity index (χ0v) is 23.1. The molecule has 0 spiro atoms. The largest absolute Gasteiger partial charge is 2.00 e. The molecule has 14 heteroatoms. The summed E-state index contributed by atoms with van der Waals surface area (Å²) < 4.78 is -0.750. The number of nitrogens with one attached hydrogen (secondary N) is 4. The van der Waals surface area contributed by atoms with E-state index in [0.717, 1.165) is 0 Å². The minimum absolute atomic E-state index is 0. The van der Waals surface area contributed by atoms with Gasteiger partial charge in [0.25, 0.3) is 0 Å². The summed E-state index contributed by atoms with van der Waals surface area (Å²) >= 11 is 14.4. The quantitative estimate of drug-likeness (QED) is 0.112. The zero-order chi connectivity index (χ0) is 27.8. The Bertz CT molecular complexity index is 1240. The normalized spacial score (nSPS) is 10.7. The topological polar surface area (TPSA) is 172 Å². The second-order valence-electron chi connectivity index (χ2n) is 6.73. The third-order valence-electron chi connectivity index (χ3n) is 4.08. The van der Waals surface area contributed by atoms with Crippen LogP contribution in [0.15, 0.2) is 108 Å². The monoisotopic (exact) mass is 629 g/mol. The molecule has 1 radical (unpaired) electrons. The van der Waals surface area contributed by atoms with Crippen molar-refractivity contribution < 1.29 is 17.1 Å². The van der Waals surface area contributed by atoms with Gasteiger partial charge < -0.3 is 32.3 Å². The van der Waals surface area contributed by atoms with Crippen LogP contribution in [0.1, 0.15) is 22.8 Å². The Labute approximate surface area is 251 Å². The minimum atomic E-state index is -0.750. The van der Waals surface area contributed by atoms with Gasteiger partial charge in [0.05, 0.1) is 34.4 Å². The summed E-state index contributed by atoms with van der Waals surface area (Å²) in [5, 5.41) is 15.4.